The molecule has 2 N–H and O–H groups in total. The highest BCUT2D eigenvalue weighted by molar-refractivity contribution is 5.97. The molecule has 0 bridgehead atoms. The summed E-state index contributed by atoms with van der Waals surface area (Å²) < 4.78 is 0. The third-order valence-electron chi connectivity index (χ3n) is 5.02. The standard InChI is InChI=1S/C21H32N2O2.ClH/c1-16(2)14-17-4-6-18(7-5-17)19(24)8-9-20(25)23-15-21(3)10-12-22-13-11-21;/h4-7,16,22H,8-15H2,1-3H3,(H,23,25);1H. The summed E-state index contributed by atoms with van der Waals surface area (Å²) in [5.41, 5.74) is 2.13. The molecular weight excluding hydrogens is 348 g/mol. The maximum Gasteiger partial charge on any atom is 0.220 e. The zero-order valence-corrected chi connectivity index (χ0v) is 17.1. The van der Waals surface area contributed by atoms with Crippen LogP contribution in [0, 0.1) is 11.3 Å². The smallest absolute Gasteiger partial charge is 0.220 e. The molecule has 1 aromatic carbocycles. The van der Waals surface area contributed by atoms with Gasteiger partial charge in [0.05, 0.1) is 0 Å². The lowest BCUT2D eigenvalue weighted by molar-refractivity contribution is -0.121. The summed E-state index contributed by atoms with van der Waals surface area (Å²) in [6.45, 7) is 9.31. The Bertz CT molecular complexity index is 578. The number of piperidine rings is 1. The molecule has 4 nitrogen and oxygen atoms in total. The summed E-state index contributed by atoms with van der Waals surface area (Å²) in [6.07, 6.45) is 3.71. The second kappa shape index (κ2) is 10.7. The van der Waals surface area contributed by atoms with Crippen molar-refractivity contribution >= 4 is 24.1 Å². The molecule has 1 fully saturated rings. The summed E-state index contributed by atoms with van der Waals surface area (Å²) in [4.78, 5) is 24.3. The number of rotatable bonds is 8. The normalized spacial score (nSPS) is 16.0. The fraction of sp³-hybridized carbons (Fsp3) is 0.619. The van der Waals surface area contributed by atoms with Crippen LogP contribution in [0.2, 0.25) is 0 Å². The van der Waals surface area contributed by atoms with Gasteiger partial charge in [-0.25, -0.2) is 0 Å². The second-order valence-corrected chi connectivity index (χ2v) is 8.06. The van der Waals surface area contributed by atoms with Gasteiger partial charge in [0, 0.05) is 24.9 Å². The van der Waals surface area contributed by atoms with E-state index in [2.05, 4.69) is 31.4 Å². The van der Waals surface area contributed by atoms with E-state index < -0.39 is 0 Å². The Labute approximate surface area is 163 Å². The highest BCUT2D eigenvalue weighted by atomic mass is 35.5. The van der Waals surface area contributed by atoms with Crippen LogP contribution in [0.1, 0.15) is 62.4 Å². The lowest BCUT2D eigenvalue weighted by Gasteiger charge is -2.34. The van der Waals surface area contributed by atoms with Gasteiger partial charge in [-0.1, -0.05) is 45.0 Å². The molecule has 1 aromatic rings. The van der Waals surface area contributed by atoms with E-state index in [0.29, 0.717) is 18.0 Å². The van der Waals surface area contributed by atoms with Crippen LogP contribution in [0.25, 0.3) is 0 Å². The molecule has 1 aliphatic heterocycles. The first-order chi connectivity index (χ1) is 11.9. The fourth-order valence-electron chi connectivity index (χ4n) is 3.28. The van der Waals surface area contributed by atoms with Crippen LogP contribution in [-0.4, -0.2) is 31.3 Å². The van der Waals surface area contributed by atoms with E-state index in [-0.39, 0.29) is 42.4 Å². The van der Waals surface area contributed by atoms with Crippen molar-refractivity contribution in [2.45, 2.75) is 52.9 Å². The molecule has 1 saturated heterocycles. The maximum absolute atomic E-state index is 12.3. The van der Waals surface area contributed by atoms with Crippen molar-refractivity contribution in [3.05, 3.63) is 35.4 Å². The van der Waals surface area contributed by atoms with Crippen LogP contribution >= 0.6 is 12.4 Å². The molecule has 0 saturated carbocycles. The monoisotopic (exact) mass is 380 g/mol. The molecule has 2 rings (SSSR count). The van der Waals surface area contributed by atoms with Crippen LogP contribution in [0.15, 0.2) is 24.3 Å². The highest BCUT2D eigenvalue weighted by Gasteiger charge is 2.26. The quantitative estimate of drug-likeness (QED) is 0.675. The molecule has 0 radical (unpaired) electrons. The molecule has 5 heteroatoms. The number of nitrogens with one attached hydrogen (secondary N) is 2. The molecule has 0 unspecified atom stereocenters. The Morgan fingerprint density at radius 3 is 2.31 bits per heavy atom. The third-order valence-corrected chi connectivity index (χ3v) is 5.02. The Hall–Kier alpha value is -1.39. The van der Waals surface area contributed by atoms with Crippen molar-refractivity contribution in [2.75, 3.05) is 19.6 Å². The van der Waals surface area contributed by atoms with E-state index in [1.807, 2.05) is 24.3 Å². The number of benzene rings is 1. The van der Waals surface area contributed by atoms with E-state index in [1.165, 1.54) is 5.56 Å². The number of hydrogen-bond donors (Lipinski definition) is 2. The minimum Gasteiger partial charge on any atom is -0.356 e. The van der Waals surface area contributed by atoms with Gasteiger partial charge in [-0.05, 0) is 49.2 Å². The zero-order valence-electron chi connectivity index (χ0n) is 16.3. The van der Waals surface area contributed by atoms with Crippen LogP contribution in [-0.2, 0) is 11.2 Å². The van der Waals surface area contributed by atoms with Gasteiger partial charge >= 0.3 is 0 Å². The van der Waals surface area contributed by atoms with E-state index in [0.717, 1.165) is 32.4 Å². The summed E-state index contributed by atoms with van der Waals surface area (Å²) in [5.74, 6) is 0.621. The second-order valence-electron chi connectivity index (χ2n) is 8.06. The van der Waals surface area contributed by atoms with Gasteiger partial charge in [0.25, 0.3) is 0 Å². The first-order valence-electron chi connectivity index (χ1n) is 9.47. The minimum atomic E-state index is -0.0236. The Morgan fingerprint density at radius 2 is 1.73 bits per heavy atom. The lowest BCUT2D eigenvalue weighted by Crippen LogP contribution is -2.42. The molecule has 0 atom stereocenters. The Kier molecular flexibility index (Phi) is 9.31. The van der Waals surface area contributed by atoms with Crippen LogP contribution < -0.4 is 10.6 Å². The van der Waals surface area contributed by atoms with Gasteiger partial charge in [0.2, 0.25) is 5.91 Å². The fourth-order valence-corrected chi connectivity index (χ4v) is 3.28. The summed E-state index contributed by atoms with van der Waals surface area (Å²) in [7, 11) is 0. The van der Waals surface area contributed by atoms with Gasteiger partial charge in [-0.15, -0.1) is 12.4 Å². The zero-order chi connectivity index (χ0) is 18.3. The number of carbonyl (C=O) groups excluding carboxylic acids is 2. The van der Waals surface area contributed by atoms with E-state index in [9.17, 15) is 9.59 Å². The largest absolute Gasteiger partial charge is 0.356 e. The SMILES string of the molecule is CC(C)Cc1ccc(C(=O)CCC(=O)NCC2(C)CCNCC2)cc1.Cl. The highest BCUT2D eigenvalue weighted by Crippen LogP contribution is 2.26. The molecule has 1 heterocycles. The topological polar surface area (TPSA) is 58.2 Å². The first-order valence-corrected chi connectivity index (χ1v) is 9.47. The minimum absolute atomic E-state index is 0. The van der Waals surface area contributed by atoms with Crippen molar-refractivity contribution in [3.63, 3.8) is 0 Å². The van der Waals surface area contributed by atoms with Gasteiger partial charge in [0.1, 0.15) is 0 Å². The van der Waals surface area contributed by atoms with Gasteiger partial charge < -0.3 is 10.6 Å². The lowest BCUT2D eigenvalue weighted by atomic mass is 9.81. The molecule has 0 aromatic heterocycles. The molecule has 1 aliphatic rings. The summed E-state index contributed by atoms with van der Waals surface area (Å²) in [6, 6.07) is 7.80. The number of ketones is 1. The van der Waals surface area contributed by atoms with E-state index >= 15 is 0 Å². The summed E-state index contributed by atoms with van der Waals surface area (Å²) >= 11 is 0. The van der Waals surface area contributed by atoms with E-state index in [1.54, 1.807) is 0 Å². The average Bonchev–Trinajstić information content (AvgIpc) is 2.59. The van der Waals surface area contributed by atoms with Crippen LogP contribution in [0.3, 0.4) is 0 Å². The number of halogens is 1. The number of Topliss-reactive ketones (excluding diaryl/α,β-unsaturated/α-hetero) is 1. The third kappa shape index (κ3) is 7.46. The molecule has 0 spiro atoms. The van der Waals surface area contributed by atoms with Crippen LogP contribution in [0.4, 0.5) is 0 Å². The average molecular weight is 381 g/mol. The van der Waals surface area contributed by atoms with Gasteiger partial charge in [-0.2, -0.15) is 0 Å². The number of amides is 1. The Morgan fingerprint density at radius 1 is 1.12 bits per heavy atom. The van der Waals surface area contributed by atoms with Crippen molar-refractivity contribution in [1.29, 1.82) is 0 Å². The molecule has 26 heavy (non-hydrogen) atoms. The van der Waals surface area contributed by atoms with Crippen molar-refractivity contribution < 1.29 is 9.59 Å². The van der Waals surface area contributed by atoms with Crippen molar-refractivity contribution in [3.8, 4) is 0 Å². The summed E-state index contributed by atoms with van der Waals surface area (Å²) in [5, 5.41) is 6.35. The Balaban J connectivity index is 0.00000338. The maximum atomic E-state index is 12.3. The molecule has 1 amide bonds. The van der Waals surface area contributed by atoms with Gasteiger partial charge in [0.15, 0.2) is 5.78 Å². The number of carbonyl (C=O) groups is 2. The number of hydrogen-bond acceptors (Lipinski definition) is 3. The van der Waals surface area contributed by atoms with Crippen molar-refractivity contribution in [1.82, 2.24) is 10.6 Å². The molecular formula is C21H33ClN2O2. The van der Waals surface area contributed by atoms with Crippen molar-refractivity contribution in [2.24, 2.45) is 11.3 Å². The first kappa shape index (κ1) is 22.7. The molecule has 146 valence electrons. The van der Waals surface area contributed by atoms with Crippen LogP contribution in [0.5, 0.6) is 0 Å². The van der Waals surface area contributed by atoms with Gasteiger partial charge in [-0.3, -0.25) is 9.59 Å². The molecule has 0 aliphatic carbocycles. The predicted molar refractivity (Wildman–Crippen MR) is 109 cm³/mol. The predicted octanol–water partition coefficient (Wildman–Crippen LogP) is 3.78. The van der Waals surface area contributed by atoms with E-state index in [4.69, 9.17) is 0 Å².